The maximum atomic E-state index is 12.8. The molecule has 7 nitrogen and oxygen atoms in total. The van der Waals surface area contributed by atoms with Crippen molar-refractivity contribution in [2.24, 2.45) is 5.73 Å². The van der Waals surface area contributed by atoms with E-state index < -0.39 is 6.03 Å². The smallest absolute Gasteiger partial charge is 0.317 e. The fourth-order valence-corrected chi connectivity index (χ4v) is 4.11. The summed E-state index contributed by atoms with van der Waals surface area (Å²) < 4.78 is 0. The maximum absolute atomic E-state index is 12.8. The van der Waals surface area contributed by atoms with Gasteiger partial charge in [0.15, 0.2) is 0 Å². The number of hydrogen-bond acceptors (Lipinski definition) is 5. The molecule has 1 aromatic carbocycles. The van der Waals surface area contributed by atoms with Gasteiger partial charge in [-0.15, -0.1) is 11.3 Å². The van der Waals surface area contributed by atoms with Gasteiger partial charge in [0.2, 0.25) is 0 Å². The average molecular weight is 383 g/mol. The Morgan fingerprint density at radius 2 is 2.15 bits per heavy atom. The number of urea groups is 1. The van der Waals surface area contributed by atoms with Gasteiger partial charge in [0.25, 0.3) is 5.91 Å². The molecular formula is C19H21N5O2S. The normalized spacial score (nSPS) is 16.8. The molecule has 0 unspecified atom stereocenters. The second-order valence-electron chi connectivity index (χ2n) is 6.41. The molecule has 2 aromatic rings. The number of carbonyl (C=O) groups is 2. The number of amides is 3. The van der Waals surface area contributed by atoms with Crippen molar-refractivity contribution in [2.45, 2.75) is 25.3 Å². The van der Waals surface area contributed by atoms with Crippen LogP contribution in [0.4, 0.5) is 9.80 Å². The molecule has 0 saturated carbocycles. The summed E-state index contributed by atoms with van der Waals surface area (Å²) >= 11 is 1.26. The van der Waals surface area contributed by atoms with Crippen molar-refractivity contribution in [3.8, 4) is 16.5 Å². The summed E-state index contributed by atoms with van der Waals surface area (Å²) in [5.74, 6) is -0.244. The molecule has 1 aliphatic rings. The van der Waals surface area contributed by atoms with Crippen LogP contribution in [-0.2, 0) is 0 Å². The standard InChI is InChI=1S/C19H21N5O2S/c20-10-12-4-3-5-13(8-12)16-9-15(18(27-16)24-19(21)26)17(25)23-14-6-1-2-7-22-11-14/h3-5,8-9,14,22H,1-2,6-7,11H2,(H,23,25)(H3,21,24,26)/t14-/m0/s1. The molecule has 3 rings (SSSR count). The Hall–Kier alpha value is -2.89. The lowest BCUT2D eigenvalue weighted by atomic mass is 10.1. The molecule has 1 saturated heterocycles. The van der Waals surface area contributed by atoms with Crippen LogP contribution >= 0.6 is 11.3 Å². The number of hydrogen-bond donors (Lipinski definition) is 4. The lowest BCUT2D eigenvalue weighted by molar-refractivity contribution is 0.0937. The number of nitrogens with one attached hydrogen (secondary N) is 3. The summed E-state index contributed by atoms with van der Waals surface area (Å²) in [5.41, 5.74) is 6.97. The van der Waals surface area contributed by atoms with Crippen molar-refractivity contribution in [1.29, 1.82) is 5.26 Å². The van der Waals surface area contributed by atoms with E-state index in [1.54, 1.807) is 24.3 Å². The average Bonchev–Trinajstić information content (AvgIpc) is 2.90. The second-order valence-corrected chi connectivity index (χ2v) is 7.46. The molecule has 2 heterocycles. The van der Waals surface area contributed by atoms with Gasteiger partial charge in [-0.2, -0.15) is 5.26 Å². The minimum absolute atomic E-state index is 0.0479. The number of nitriles is 1. The van der Waals surface area contributed by atoms with E-state index in [1.165, 1.54) is 11.3 Å². The zero-order chi connectivity index (χ0) is 19.2. The summed E-state index contributed by atoms with van der Waals surface area (Å²) in [6.45, 7) is 1.68. The Morgan fingerprint density at radius 3 is 2.93 bits per heavy atom. The minimum Gasteiger partial charge on any atom is -0.351 e. The molecule has 27 heavy (non-hydrogen) atoms. The maximum Gasteiger partial charge on any atom is 0.317 e. The number of primary amides is 1. The SMILES string of the molecule is N#Cc1cccc(-c2cc(C(=O)N[C@H]3CCCCNC3)c(NC(N)=O)s2)c1. The number of carbonyl (C=O) groups excluding carboxylic acids is 2. The topological polar surface area (TPSA) is 120 Å². The van der Waals surface area contributed by atoms with E-state index in [-0.39, 0.29) is 11.9 Å². The lowest BCUT2D eigenvalue weighted by Gasteiger charge is -2.16. The van der Waals surface area contributed by atoms with Crippen molar-refractivity contribution in [1.82, 2.24) is 10.6 Å². The highest BCUT2D eigenvalue weighted by atomic mass is 32.1. The summed E-state index contributed by atoms with van der Waals surface area (Å²) in [6, 6.07) is 10.3. The van der Waals surface area contributed by atoms with E-state index in [9.17, 15) is 9.59 Å². The number of rotatable bonds is 4. The van der Waals surface area contributed by atoms with Crippen LogP contribution in [0.2, 0.25) is 0 Å². The van der Waals surface area contributed by atoms with E-state index in [4.69, 9.17) is 11.0 Å². The van der Waals surface area contributed by atoms with Crippen molar-refractivity contribution in [3.63, 3.8) is 0 Å². The molecule has 1 atom stereocenters. The highest BCUT2D eigenvalue weighted by Gasteiger charge is 2.21. The highest BCUT2D eigenvalue weighted by molar-refractivity contribution is 7.20. The third-order valence-corrected chi connectivity index (χ3v) is 5.47. The zero-order valence-corrected chi connectivity index (χ0v) is 15.6. The molecular weight excluding hydrogens is 362 g/mol. The highest BCUT2D eigenvalue weighted by Crippen LogP contribution is 2.36. The predicted octanol–water partition coefficient (Wildman–Crippen LogP) is 2.65. The van der Waals surface area contributed by atoms with E-state index in [2.05, 4.69) is 22.0 Å². The van der Waals surface area contributed by atoms with Crippen molar-refractivity contribution < 1.29 is 9.59 Å². The number of nitrogens with zero attached hydrogens (tertiary/aromatic N) is 1. The van der Waals surface area contributed by atoms with E-state index in [0.29, 0.717) is 16.1 Å². The van der Waals surface area contributed by atoms with Gasteiger partial charge in [-0.05, 0) is 43.1 Å². The van der Waals surface area contributed by atoms with Crippen LogP contribution in [0.5, 0.6) is 0 Å². The van der Waals surface area contributed by atoms with Crippen LogP contribution in [-0.4, -0.2) is 31.1 Å². The Kier molecular flexibility index (Phi) is 6.06. The molecule has 8 heteroatoms. The number of thiophene rings is 1. The molecule has 1 aliphatic heterocycles. The third-order valence-electron chi connectivity index (χ3n) is 4.37. The van der Waals surface area contributed by atoms with Gasteiger partial charge < -0.3 is 16.4 Å². The predicted molar refractivity (Wildman–Crippen MR) is 106 cm³/mol. The summed E-state index contributed by atoms with van der Waals surface area (Å²) in [7, 11) is 0. The Labute approximate surface area is 161 Å². The van der Waals surface area contributed by atoms with Crippen LogP contribution in [0.25, 0.3) is 10.4 Å². The number of benzene rings is 1. The summed E-state index contributed by atoms with van der Waals surface area (Å²) in [5, 5.41) is 18.4. The minimum atomic E-state index is -0.723. The first-order valence-corrected chi connectivity index (χ1v) is 9.61. The van der Waals surface area contributed by atoms with Gasteiger partial charge in [-0.1, -0.05) is 18.6 Å². The van der Waals surface area contributed by atoms with Gasteiger partial charge >= 0.3 is 6.03 Å². The Bertz CT molecular complexity index is 878. The fraction of sp³-hybridized carbons (Fsp3) is 0.316. The number of anilines is 1. The van der Waals surface area contributed by atoms with Crippen LogP contribution in [0.3, 0.4) is 0 Å². The molecule has 140 valence electrons. The molecule has 1 aromatic heterocycles. The molecule has 0 bridgehead atoms. The van der Waals surface area contributed by atoms with Gasteiger partial charge in [0, 0.05) is 17.5 Å². The molecule has 0 radical (unpaired) electrons. The summed E-state index contributed by atoms with van der Waals surface area (Å²) in [6.07, 6.45) is 3.07. The van der Waals surface area contributed by atoms with Crippen molar-refractivity contribution >= 4 is 28.3 Å². The van der Waals surface area contributed by atoms with Gasteiger partial charge in [-0.3, -0.25) is 10.1 Å². The third kappa shape index (κ3) is 4.84. The van der Waals surface area contributed by atoms with Crippen LogP contribution in [0.1, 0.15) is 35.2 Å². The first-order chi connectivity index (χ1) is 13.1. The first-order valence-electron chi connectivity index (χ1n) is 8.79. The molecule has 3 amide bonds. The Balaban J connectivity index is 1.88. The second kappa shape index (κ2) is 8.66. The van der Waals surface area contributed by atoms with Gasteiger partial charge in [0.05, 0.1) is 17.2 Å². The van der Waals surface area contributed by atoms with Gasteiger partial charge in [0.1, 0.15) is 5.00 Å². The van der Waals surface area contributed by atoms with E-state index in [0.717, 1.165) is 42.8 Å². The quantitative estimate of drug-likeness (QED) is 0.649. The molecule has 1 fully saturated rings. The van der Waals surface area contributed by atoms with Gasteiger partial charge in [-0.25, -0.2) is 4.79 Å². The molecule has 5 N–H and O–H groups in total. The number of nitrogens with two attached hydrogens (primary N) is 1. The summed E-state index contributed by atoms with van der Waals surface area (Å²) in [4.78, 5) is 25.0. The lowest BCUT2D eigenvalue weighted by Crippen LogP contribution is -2.41. The van der Waals surface area contributed by atoms with E-state index >= 15 is 0 Å². The fourth-order valence-electron chi connectivity index (χ4n) is 3.05. The molecule has 0 aliphatic carbocycles. The van der Waals surface area contributed by atoms with Crippen molar-refractivity contribution in [2.75, 3.05) is 18.4 Å². The van der Waals surface area contributed by atoms with Crippen molar-refractivity contribution in [3.05, 3.63) is 41.5 Å². The Morgan fingerprint density at radius 1 is 1.30 bits per heavy atom. The van der Waals surface area contributed by atoms with Crippen LogP contribution in [0, 0.1) is 11.3 Å². The molecule has 0 spiro atoms. The zero-order valence-electron chi connectivity index (χ0n) is 14.7. The van der Waals surface area contributed by atoms with Crippen LogP contribution in [0.15, 0.2) is 30.3 Å². The van der Waals surface area contributed by atoms with E-state index in [1.807, 2.05) is 6.07 Å². The first kappa shape index (κ1) is 18.9. The monoisotopic (exact) mass is 383 g/mol. The largest absolute Gasteiger partial charge is 0.351 e. The van der Waals surface area contributed by atoms with Crippen LogP contribution < -0.4 is 21.7 Å².